The normalized spacial score (nSPS) is 10.6. The van der Waals surface area contributed by atoms with Crippen molar-refractivity contribution in [3.05, 3.63) is 79.0 Å². The molecule has 1 aromatic heterocycles. The van der Waals surface area contributed by atoms with Gasteiger partial charge in [0, 0.05) is 34.6 Å². The number of hydrogen-bond acceptors (Lipinski definition) is 4. The lowest BCUT2D eigenvalue weighted by molar-refractivity contribution is 0.395. The molecule has 1 heterocycles. The standard InChI is InChI=1S/C25H23NO4/c1-28-18-11-12-20(24(16-18)30-3)21-14-19(29-2)15-22(25(21)27)23-10-7-13-26(23)17-8-5-4-6-9-17/h4-16,27H,1-3H3. The number of nitrogens with zero attached hydrogens (tertiary/aromatic N) is 1. The van der Waals surface area contributed by atoms with Crippen LogP contribution in [0.1, 0.15) is 0 Å². The highest BCUT2D eigenvalue weighted by atomic mass is 16.5. The molecule has 0 saturated carbocycles. The summed E-state index contributed by atoms with van der Waals surface area (Å²) in [5.41, 5.74) is 3.88. The van der Waals surface area contributed by atoms with E-state index in [0.29, 0.717) is 28.4 Å². The molecule has 0 spiro atoms. The maximum absolute atomic E-state index is 11.3. The minimum absolute atomic E-state index is 0.148. The van der Waals surface area contributed by atoms with E-state index in [0.717, 1.165) is 16.9 Å². The molecule has 0 fully saturated rings. The zero-order chi connectivity index (χ0) is 21.1. The average Bonchev–Trinajstić information content (AvgIpc) is 3.29. The second-order valence-electron chi connectivity index (χ2n) is 6.74. The highest BCUT2D eigenvalue weighted by molar-refractivity contribution is 5.86. The summed E-state index contributed by atoms with van der Waals surface area (Å²) in [7, 11) is 4.81. The molecule has 4 rings (SSSR count). The number of benzene rings is 3. The van der Waals surface area contributed by atoms with Gasteiger partial charge in [-0.05, 0) is 48.5 Å². The maximum Gasteiger partial charge on any atom is 0.133 e. The van der Waals surface area contributed by atoms with Crippen LogP contribution in [0.25, 0.3) is 28.1 Å². The van der Waals surface area contributed by atoms with Crippen molar-refractivity contribution in [2.75, 3.05) is 21.3 Å². The van der Waals surface area contributed by atoms with Gasteiger partial charge in [0.15, 0.2) is 0 Å². The summed E-state index contributed by atoms with van der Waals surface area (Å²) in [6.07, 6.45) is 1.97. The van der Waals surface area contributed by atoms with Gasteiger partial charge in [-0.15, -0.1) is 0 Å². The summed E-state index contributed by atoms with van der Waals surface area (Å²) in [5, 5.41) is 11.3. The van der Waals surface area contributed by atoms with E-state index in [-0.39, 0.29) is 5.75 Å². The Morgan fingerprint density at radius 2 is 1.40 bits per heavy atom. The largest absolute Gasteiger partial charge is 0.507 e. The number of ether oxygens (including phenoxy) is 3. The van der Waals surface area contributed by atoms with Crippen LogP contribution in [0.3, 0.4) is 0 Å². The van der Waals surface area contributed by atoms with E-state index in [4.69, 9.17) is 14.2 Å². The highest BCUT2D eigenvalue weighted by Gasteiger charge is 2.19. The van der Waals surface area contributed by atoms with Crippen molar-refractivity contribution in [1.82, 2.24) is 4.57 Å². The van der Waals surface area contributed by atoms with Crippen LogP contribution in [0, 0.1) is 0 Å². The molecule has 0 atom stereocenters. The molecule has 5 nitrogen and oxygen atoms in total. The Hall–Kier alpha value is -3.86. The van der Waals surface area contributed by atoms with E-state index in [2.05, 4.69) is 0 Å². The first-order valence-electron chi connectivity index (χ1n) is 9.52. The molecule has 30 heavy (non-hydrogen) atoms. The average molecular weight is 401 g/mol. The summed E-state index contributed by atoms with van der Waals surface area (Å²) < 4.78 is 18.4. The van der Waals surface area contributed by atoms with Crippen LogP contribution in [0.5, 0.6) is 23.0 Å². The number of aromatic hydroxyl groups is 1. The van der Waals surface area contributed by atoms with Gasteiger partial charge in [-0.2, -0.15) is 0 Å². The van der Waals surface area contributed by atoms with Gasteiger partial charge in [-0.1, -0.05) is 18.2 Å². The van der Waals surface area contributed by atoms with Gasteiger partial charge in [-0.3, -0.25) is 0 Å². The number of rotatable bonds is 6. The molecule has 0 amide bonds. The molecular weight excluding hydrogens is 378 g/mol. The van der Waals surface area contributed by atoms with E-state index in [9.17, 15) is 5.11 Å². The monoisotopic (exact) mass is 401 g/mol. The fourth-order valence-electron chi connectivity index (χ4n) is 3.56. The molecule has 5 heteroatoms. The predicted molar refractivity (Wildman–Crippen MR) is 118 cm³/mol. The molecule has 0 unspecified atom stereocenters. The van der Waals surface area contributed by atoms with Crippen LogP contribution < -0.4 is 14.2 Å². The zero-order valence-electron chi connectivity index (χ0n) is 17.1. The number of phenolic OH excluding ortho intramolecular Hbond substituents is 1. The highest BCUT2D eigenvalue weighted by Crippen LogP contribution is 2.45. The van der Waals surface area contributed by atoms with Crippen molar-refractivity contribution >= 4 is 0 Å². The summed E-state index contributed by atoms with van der Waals surface area (Å²) in [5.74, 6) is 2.06. The maximum atomic E-state index is 11.3. The van der Waals surface area contributed by atoms with Crippen molar-refractivity contribution in [3.8, 4) is 51.1 Å². The van der Waals surface area contributed by atoms with E-state index < -0.39 is 0 Å². The fraction of sp³-hybridized carbons (Fsp3) is 0.120. The molecule has 0 aliphatic rings. The minimum atomic E-state index is 0.148. The van der Waals surface area contributed by atoms with Gasteiger partial charge in [0.25, 0.3) is 0 Å². The smallest absolute Gasteiger partial charge is 0.133 e. The van der Waals surface area contributed by atoms with Crippen LogP contribution in [0.4, 0.5) is 0 Å². The van der Waals surface area contributed by atoms with E-state index >= 15 is 0 Å². The minimum Gasteiger partial charge on any atom is -0.507 e. The van der Waals surface area contributed by atoms with Crippen LogP contribution in [0.15, 0.2) is 79.0 Å². The first-order valence-corrected chi connectivity index (χ1v) is 9.52. The predicted octanol–water partition coefficient (Wildman–Crippen LogP) is 5.54. The Morgan fingerprint density at radius 1 is 0.667 bits per heavy atom. The van der Waals surface area contributed by atoms with Crippen molar-refractivity contribution in [1.29, 1.82) is 0 Å². The third kappa shape index (κ3) is 3.46. The lowest BCUT2D eigenvalue weighted by Gasteiger charge is -2.17. The Kier molecular flexibility index (Phi) is 5.35. The quantitative estimate of drug-likeness (QED) is 0.461. The lowest BCUT2D eigenvalue weighted by atomic mass is 9.98. The lowest BCUT2D eigenvalue weighted by Crippen LogP contribution is -1.97. The molecular formula is C25H23NO4. The molecule has 0 aliphatic carbocycles. The van der Waals surface area contributed by atoms with Gasteiger partial charge in [0.1, 0.15) is 23.0 Å². The summed E-state index contributed by atoms with van der Waals surface area (Å²) in [6, 6.07) is 23.0. The molecule has 0 saturated heterocycles. The van der Waals surface area contributed by atoms with E-state index in [1.807, 2.05) is 71.4 Å². The number of hydrogen-bond donors (Lipinski definition) is 1. The molecule has 3 aromatic carbocycles. The second kappa shape index (κ2) is 8.25. The van der Waals surface area contributed by atoms with Gasteiger partial charge in [-0.25, -0.2) is 0 Å². The van der Waals surface area contributed by atoms with E-state index in [1.165, 1.54) is 0 Å². The summed E-state index contributed by atoms with van der Waals surface area (Å²) >= 11 is 0. The Labute approximate surface area is 175 Å². The van der Waals surface area contributed by atoms with Gasteiger partial charge >= 0.3 is 0 Å². The van der Waals surface area contributed by atoms with Gasteiger partial charge < -0.3 is 23.9 Å². The fourth-order valence-corrected chi connectivity index (χ4v) is 3.56. The number of methoxy groups -OCH3 is 3. The first-order chi connectivity index (χ1) is 14.7. The van der Waals surface area contributed by atoms with E-state index in [1.54, 1.807) is 33.5 Å². The zero-order valence-corrected chi connectivity index (χ0v) is 17.1. The second-order valence-corrected chi connectivity index (χ2v) is 6.74. The Balaban J connectivity index is 1.93. The summed E-state index contributed by atoms with van der Waals surface area (Å²) in [4.78, 5) is 0. The molecule has 4 aromatic rings. The van der Waals surface area contributed by atoms with Crippen molar-refractivity contribution in [3.63, 3.8) is 0 Å². The van der Waals surface area contributed by atoms with Crippen molar-refractivity contribution in [2.45, 2.75) is 0 Å². The van der Waals surface area contributed by atoms with Crippen LogP contribution >= 0.6 is 0 Å². The molecule has 152 valence electrons. The summed E-state index contributed by atoms with van der Waals surface area (Å²) in [6.45, 7) is 0. The number of aromatic nitrogens is 1. The van der Waals surface area contributed by atoms with Crippen molar-refractivity contribution in [2.24, 2.45) is 0 Å². The van der Waals surface area contributed by atoms with Crippen LogP contribution in [-0.4, -0.2) is 31.0 Å². The van der Waals surface area contributed by atoms with Crippen LogP contribution in [-0.2, 0) is 0 Å². The third-order valence-electron chi connectivity index (χ3n) is 5.08. The van der Waals surface area contributed by atoms with Gasteiger partial charge in [0.05, 0.1) is 27.0 Å². The molecule has 1 N–H and O–H groups in total. The van der Waals surface area contributed by atoms with Crippen LogP contribution in [0.2, 0.25) is 0 Å². The Morgan fingerprint density at radius 3 is 2.10 bits per heavy atom. The molecule has 0 aliphatic heterocycles. The molecule has 0 radical (unpaired) electrons. The number of para-hydroxylation sites is 1. The first kappa shape index (κ1) is 19.5. The topological polar surface area (TPSA) is 52.9 Å². The third-order valence-corrected chi connectivity index (χ3v) is 5.08. The number of phenols is 1. The Bertz CT molecular complexity index is 1170. The van der Waals surface area contributed by atoms with Gasteiger partial charge in [0.2, 0.25) is 0 Å². The molecule has 0 bridgehead atoms. The SMILES string of the molecule is COc1ccc(-c2cc(OC)cc(-c3cccn3-c3ccccc3)c2O)c(OC)c1. The van der Waals surface area contributed by atoms with Crippen molar-refractivity contribution < 1.29 is 19.3 Å².